The Balaban J connectivity index is 3.47. The predicted molar refractivity (Wildman–Crippen MR) is 174 cm³/mol. The van der Waals surface area contributed by atoms with Gasteiger partial charge in [0.25, 0.3) is 0 Å². The van der Waals surface area contributed by atoms with Gasteiger partial charge in [-0.2, -0.15) is 0 Å². The Morgan fingerprint density at radius 1 is 0.810 bits per heavy atom. The van der Waals surface area contributed by atoms with Crippen LogP contribution in [0.4, 0.5) is 0 Å². The van der Waals surface area contributed by atoms with Gasteiger partial charge in [-0.3, -0.25) is 9.36 Å². The fourth-order valence-electron chi connectivity index (χ4n) is 4.47. The Labute approximate surface area is 258 Å². The van der Waals surface area contributed by atoms with Gasteiger partial charge in [0.1, 0.15) is 12.2 Å². The number of hydrogen-bond acceptors (Lipinski definition) is 10. The zero-order valence-corrected chi connectivity index (χ0v) is 32.1. The van der Waals surface area contributed by atoms with Crippen LogP contribution in [-0.4, -0.2) is 89.1 Å². The monoisotopic (exact) mass is 670 g/mol. The van der Waals surface area contributed by atoms with Crippen LogP contribution >= 0.6 is 7.60 Å². The normalized spacial score (nSPS) is 24.6. The highest BCUT2D eigenvalue weighted by Crippen LogP contribution is 2.50. The van der Waals surface area contributed by atoms with Crippen molar-refractivity contribution in [2.75, 3.05) is 33.5 Å². The molecule has 1 rings (SSSR count). The number of unbranched alkanes of at least 4 members (excludes halogenated alkanes) is 2. The van der Waals surface area contributed by atoms with Gasteiger partial charge in [-0.1, -0.05) is 12.5 Å². The van der Waals surface area contributed by atoms with E-state index in [9.17, 15) is 9.36 Å². The molecule has 14 heteroatoms. The first-order valence-corrected chi connectivity index (χ1v) is 27.1. The molecule has 0 aliphatic carbocycles. The van der Waals surface area contributed by atoms with E-state index in [4.69, 9.17) is 36.5 Å². The fourth-order valence-corrected chi connectivity index (χ4v) is 9.14. The van der Waals surface area contributed by atoms with E-state index in [2.05, 4.69) is 58.9 Å². The summed E-state index contributed by atoms with van der Waals surface area (Å²) in [5.74, 6) is 1.02. The molecule has 0 radical (unpaired) electrons. The average molecular weight is 671 g/mol. The third-order valence-electron chi connectivity index (χ3n) is 5.93. The fraction of sp³-hybridized carbons (Fsp3) is 0.893. The lowest BCUT2D eigenvalue weighted by Crippen LogP contribution is -2.57. The van der Waals surface area contributed by atoms with Gasteiger partial charge in [-0.25, -0.2) is 0 Å². The highest BCUT2D eigenvalue weighted by Gasteiger charge is 2.48. The Morgan fingerprint density at radius 3 is 1.83 bits per heavy atom. The molecule has 1 fully saturated rings. The molecule has 0 aromatic rings. The SMILES string of the molecule is CCOP(=O)(/C=C/C1CO[C@H](OCCCCCC(=O)OC)C(O[Si](C)(C)C)C(O[Si](C)(C)C)[C@@H]1O[Si](C)(C)C)OCC. The Morgan fingerprint density at radius 2 is 1.33 bits per heavy atom. The molecule has 0 aromatic carbocycles. The molecular weight excluding hydrogens is 612 g/mol. The molecule has 3 unspecified atom stereocenters. The van der Waals surface area contributed by atoms with Crippen molar-refractivity contribution in [1.29, 1.82) is 0 Å². The van der Waals surface area contributed by atoms with Crippen LogP contribution in [0, 0.1) is 5.92 Å². The third kappa shape index (κ3) is 16.2. The quantitative estimate of drug-likeness (QED) is 0.0609. The Kier molecular flexibility index (Phi) is 17.1. The molecule has 1 saturated heterocycles. The van der Waals surface area contributed by atoms with Crippen LogP contribution in [0.1, 0.15) is 39.5 Å². The van der Waals surface area contributed by atoms with Gasteiger partial charge in [0.2, 0.25) is 0 Å². The smallest absolute Gasteiger partial charge is 0.353 e. The molecule has 42 heavy (non-hydrogen) atoms. The van der Waals surface area contributed by atoms with E-state index in [1.807, 2.05) is 6.08 Å². The van der Waals surface area contributed by atoms with E-state index < -0.39 is 57.1 Å². The van der Waals surface area contributed by atoms with Gasteiger partial charge in [0.05, 0.1) is 33.0 Å². The van der Waals surface area contributed by atoms with E-state index in [1.165, 1.54) is 12.9 Å². The standard InChI is InChI=1S/C28H59O10PSi3/c1-13-34-39(30,35-14-2)21-19-23-22-33-28(32-20-17-15-16-18-24(29)31-3)27(38-42(10,11)12)26(37-41(7,8)9)25(23)36-40(4,5)6/h19,21,23,25-28H,13-18,20,22H2,1-12H3/b21-19+/t23?,25-,26?,27?,28+/m1/s1. The van der Waals surface area contributed by atoms with Crippen LogP contribution < -0.4 is 0 Å². The second-order valence-corrected chi connectivity index (χ2v) is 28.7. The minimum atomic E-state index is -3.44. The lowest BCUT2D eigenvalue weighted by Gasteiger charge is -2.43. The molecule has 5 atom stereocenters. The van der Waals surface area contributed by atoms with Crippen molar-refractivity contribution in [2.24, 2.45) is 5.92 Å². The summed E-state index contributed by atoms with van der Waals surface area (Å²) in [6.45, 7) is 24.1. The lowest BCUT2D eigenvalue weighted by atomic mass is 9.96. The van der Waals surface area contributed by atoms with Gasteiger partial charge < -0.3 is 36.5 Å². The number of hydrogen-bond donors (Lipinski definition) is 0. The van der Waals surface area contributed by atoms with Crippen LogP contribution in [0.15, 0.2) is 11.9 Å². The van der Waals surface area contributed by atoms with Crippen molar-refractivity contribution in [3.8, 4) is 0 Å². The third-order valence-corrected chi connectivity index (χ3v) is 10.6. The maximum absolute atomic E-state index is 13.3. The first-order valence-electron chi connectivity index (χ1n) is 15.2. The summed E-state index contributed by atoms with van der Waals surface area (Å²) in [6, 6.07) is 0. The maximum Gasteiger partial charge on any atom is 0.353 e. The average Bonchev–Trinajstić information content (AvgIpc) is 2.95. The van der Waals surface area contributed by atoms with Gasteiger partial charge in [-0.05, 0) is 85.6 Å². The van der Waals surface area contributed by atoms with Crippen molar-refractivity contribution in [2.45, 2.75) is 123 Å². The van der Waals surface area contributed by atoms with Gasteiger partial charge in [0.15, 0.2) is 31.2 Å². The number of rotatable bonds is 19. The number of carbonyl (C=O) groups excluding carboxylic acids is 1. The highest BCUT2D eigenvalue weighted by atomic mass is 31.2. The Hall–Kier alpha value is -0.189. The molecule has 0 N–H and O–H groups in total. The van der Waals surface area contributed by atoms with Gasteiger partial charge in [-0.15, -0.1) is 0 Å². The minimum Gasteiger partial charge on any atom is -0.469 e. The molecule has 0 bridgehead atoms. The zero-order chi connectivity index (χ0) is 32.2. The van der Waals surface area contributed by atoms with Crippen molar-refractivity contribution in [3.63, 3.8) is 0 Å². The summed E-state index contributed by atoms with van der Waals surface area (Å²) >= 11 is 0. The van der Waals surface area contributed by atoms with Crippen molar-refractivity contribution in [1.82, 2.24) is 0 Å². The van der Waals surface area contributed by atoms with E-state index >= 15 is 0 Å². The summed E-state index contributed by atoms with van der Waals surface area (Å²) in [7, 11) is -8.37. The van der Waals surface area contributed by atoms with Crippen LogP contribution in [0.25, 0.3) is 0 Å². The molecular formula is C28H59O10PSi3. The number of ether oxygens (including phenoxy) is 3. The highest BCUT2D eigenvalue weighted by molar-refractivity contribution is 7.57. The van der Waals surface area contributed by atoms with Crippen molar-refractivity contribution < 1.29 is 45.9 Å². The number of methoxy groups -OCH3 is 1. The molecule has 1 aliphatic rings. The molecule has 0 spiro atoms. The van der Waals surface area contributed by atoms with Crippen molar-refractivity contribution in [3.05, 3.63) is 11.9 Å². The topological polar surface area (TPSA) is 108 Å². The molecule has 0 aromatic heterocycles. The van der Waals surface area contributed by atoms with Crippen LogP contribution in [0.5, 0.6) is 0 Å². The molecule has 0 amide bonds. The van der Waals surface area contributed by atoms with E-state index in [1.54, 1.807) is 13.8 Å². The van der Waals surface area contributed by atoms with Crippen LogP contribution in [0.2, 0.25) is 58.9 Å². The summed E-state index contributed by atoms with van der Waals surface area (Å²) in [4.78, 5) is 11.5. The molecule has 248 valence electrons. The van der Waals surface area contributed by atoms with Crippen LogP contribution in [-0.2, 0) is 45.9 Å². The second kappa shape index (κ2) is 18.1. The summed E-state index contributed by atoms with van der Waals surface area (Å²) < 4.78 is 62.5. The summed E-state index contributed by atoms with van der Waals surface area (Å²) in [5, 5.41) is 0. The molecule has 10 nitrogen and oxygen atoms in total. The second-order valence-electron chi connectivity index (χ2n) is 13.4. The van der Waals surface area contributed by atoms with E-state index in [0.29, 0.717) is 13.0 Å². The maximum atomic E-state index is 13.3. The lowest BCUT2D eigenvalue weighted by molar-refractivity contribution is -0.201. The van der Waals surface area contributed by atoms with Crippen LogP contribution in [0.3, 0.4) is 0 Å². The summed E-state index contributed by atoms with van der Waals surface area (Å²) in [5.41, 5.74) is 0. The first-order chi connectivity index (χ1) is 19.3. The predicted octanol–water partition coefficient (Wildman–Crippen LogP) is 7.15. The van der Waals surface area contributed by atoms with E-state index in [0.717, 1.165) is 19.3 Å². The van der Waals surface area contributed by atoms with Gasteiger partial charge in [0, 0.05) is 24.8 Å². The zero-order valence-electron chi connectivity index (χ0n) is 28.2. The first kappa shape index (κ1) is 39.8. The van der Waals surface area contributed by atoms with E-state index in [-0.39, 0.29) is 31.7 Å². The Bertz CT molecular complexity index is 859. The van der Waals surface area contributed by atoms with Crippen molar-refractivity contribution >= 4 is 38.5 Å². The number of carbonyl (C=O) groups is 1. The molecule has 1 heterocycles. The molecule has 1 aliphatic heterocycles. The molecule has 0 saturated carbocycles. The minimum absolute atomic E-state index is 0.205. The largest absolute Gasteiger partial charge is 0.469 e. The number of esters is 1. The summed E-state index contributed by atoms with van der Waals surface area (Å²) in [6.07, 6.45) is 2.45. The van der Waals surface area contributed by atoms with Gasteiger partial charge >= 0.3 is 13.6 Å².